The number of halogens is 3. The Morgan fingerprint density at radius 3 is 2.53 bits per heavy atom. The number of alkyl halides is 2. The third-order valence-electron chi connectivity index (χ3n) is 6.31. The summed E-state index contributed by atoms with van der Waals surface area (Å²) in [6, 6.07) is 9.55. The number of fused-ring (bicyclic) bond motifs is 1. The van der Waals surface area contributed by atoms with Crippen molar-refractivity contribution >= 4 is 22.3 Å². The Labute approximate surface area is 209 Å². The Bertz CT molecular complexity index is 1370. The summed E-state index contributed by atoms with van der Waals surface area (Å²) in [4.78, 5) is 3.10. The minimum absolute atomic E-state index is 0.289. The molecule has 1 aliphatic rings. The Balaban J connectivity index is 1.51. The van der Waals surface area contributed by atoms with Crippen LogP contribution in [0.4, 0.5) is 13.2 Å². The molecular weight excluding hydrogens is 491 g/mol. The van der Waals surface area contributed by atoms with Gasteiger partial charge in [-0.2, -0.15) is 15.0 Å². The first-order chi connectivity index (χ1) is 17.1. The molecule has 0 bridgehead atoms. The molecule has 0 aliphatic carbocycles. The Morgan fingerprint density at radius 1 is 1.11 bits per heavy atom. The number of rotatable bonds is 6. The molecule has 190 valence electrons. The van der Waals surface area contributed by atoms with E-state index < -0.39 is 29.9 Å². The number of hydrogen-bond acceptors (Lipinski definition) is 6. The van der Waals surface area contributed by atoms with E-state index in [-0.39, 0.29) is 12.4 Å². The Morgan fingerprint density at radius 2 is 1.86 bits per heavy atom. The molecule has 0 spiro atoms. The Hall–Kier alpha value is -2.93. The SMILES string of the molecule is Cc1cc2c(cnn2-c2ccc(F)cc2)cc1C1CN([S+]([O-])c2cnn(C)n2)CCN1CC(C)(F)F. The molecule has 1 saturated heterocycles. The van der Waals surface area contributed by atoms with Gasteiger partial charge in [-0.15, -0.1) is 9.40 Å². The predicted octanol–water partition coefficient (Wildman–Crippen LogP) is 3.64. The quantitative estimate of drug-likeness (QED) is 0.364. The molecule has 2 aromatic carbocycles. The lowest BCUT2D eigenvalue weighted by atomic mass is 9.96. The second-order valence-electron chi connectivity index (χ2n) is 9.17. The van der Waals surface area contributed by atoms with E-state index >= 15 is 0 Å². The molecule has 2 unspecified atom stereocenters. The summed E-state index contributed by atoms with van der Waals surface area (Å²) in [5, 5.41) is 13.8. The van der Waals surface area contributed by atoms with E-state index in [2.05, 4.69) is 15.3 Å². The molecule has 0 saturated carbocycles. The molecule has 8 nitrogen and oxygen atoms in total. The van der Waals surface area contributed by atoms with Gasteiger partial charge in [0.2, 0.25) is 0 Å². The zero-order valence-electron chi connectivity index (χ0n) is 20.1. The summed E-state index contributed by atoms with van der Waals surface area (Å²) < 4.78 is 58.3. The van der Waals surface area contributed by atoms with Gasteiger partial charge in [0.05, 0.1) is 43.1 Å². The van der Waals surface area contributed by atoms with E-state index in [4.69, 9.17) is 0 Å². The van der Waals surface area contributed by atoms with Crippen molar-refractivity contribution in [3.05, 3.63) is 65.7 Å². The number of aryl methyl sites for hydroxylation is 2. The molecule has 1 aliphatic heterocycles. The van der Waals surface area contributed by atoms with Crippen LogP contribution in [0.5, 0.6) is 0 Å². The van der Waals surface area contributed by atoms with Crippen LogP contribution >= 0.6 is 0 Å². The second kappa shape index (κ2) is 9.51. The molecule has 1 fully saturated rings. The molecule has 2 aromatic heterocycles. The van der Waals surface area contributed by atoms with Crippen LogP contribution in [0.25, 0.3) is 16.6 Å². The number of piperazine rings is 1. The van der Waals surface area contributed by atoms with E-state index in [9.17, 15) is 17.7 Å². The summed E-state index contributed by atoms with van der Waals surface area (Å²) in [7, 11) is 1.65. The highest BCUT2D eigenvalue weighted by molar-refractivity contribution is 7.89. The smallest absolute Gasteiger partial charge is 0.304 e. The van der Waals surface area contributed by atoms with Crippen LogP contribution in [0.3, 0.4) is 0 Å². The van der Waals surface area contributed by atoms with Gasteiger partial charge in [0.15, 0.2) is 0 Å². The molecule has 2 atom stereocenters. The number of aromatic nitrogens is 5. The third-order valence-corrected chi connectivity index (χ3v) is 7.66. The maximum absolute atomic E-state index is 14.1. The van der Waals surface area contributed by atoms with Crippen LogP contribution in [0, 0.1) is 12.7 Å². The minimum atomic E-state index is -2.88. The fourth-order valence-electron chi connectivity index (χ4n) is 4.67. The summed E-state index contributed by atoms with van der Waals surface area (Å²) in [6.07, 6.45) is 3.16. The first-order valence-corrected chi connectivity index (χ1v) is 12.6. The molecule has 0 amide bonds. The van der Waals surface area contributed by atoms with Gasteiger partial charge in [-0.1, -0.05) is 0 Å². The van der Waals surface area contributed by atoms with Gasteiger partial charge in [-0.25, -0.2) is 17.9 Å². The molecule has 36 heavy (non-hydrogen) atoms. The molecular formula is C24H26F3N7OS. The average Bonchev–Trinajstić information content (AvgIpc) is 3.44. The summed E-state index contributed by atoms with van der Waals surface area (Å²) in [5.41, 5.74) is 3.30. The maximum atomic E-state index is 14.1. The van der Waals surface area contributed by atoms with Crippen molar-refractivity contribution in [1.29, 1.82) is 0 Å². The fourth-order valence-corrected chi connectivity index (χ4v) is 5.78. The van der Waals surface area contributed by atoms with Crippen molar-refractivity contribution in [2.45, 2.75) is 30.8 Å². The number of nitrogens with zero attached hydrogens (tertiary/aromatic N) is 7. The van der Waals surface area contributed by atoms with Crippen LogP contribution < -0.4 is 0 Å². The van der Waals surface area contributed by atoms with Crippen molar-refractivity contribution in [2.75, 3.05) is 26.2 Å². The van der Waals surface area contributed by atoms with Gasteiger partial charge in [0, 0.05) is 25.9 Å². The summed E-state index contributed by atoms with van der Waals surface area (Å²) >= 11 is -1.56. The van der Waals surface area contributed by atoms with Crippen molar-refractivity contribution in [3.8, 4) is 5.69 Å². The highest BCUT2D eigenvalue weighted by atomic mass is 32.2. The fraction of sp³-hybridized carbons (Fsp3) is 0.375. The van der Waals surface area contributed by atoms with E-state index in [1.807, 2.05) is 19.1 Å². The number of hydrogen-bond donors (Lipinski definition) is 0. The van der Waals surface area contributed by atoms with Crippen LogP contribution in [0.1, 0.15) is 24.1 Å². The van der Waals surface area contributed by atoms with Gasteiger partial charge in [0.1, 0.15) is 23.4 Å². The molecule has 0 radical (unpaired) electrons. The topological polar surface area (TPSA) is 78.1 Å². The molecule has 0 N–H and O–H groups in total. The second-order valence-corrected chi connectivity index (χ2v) is 10.6. The van der Waals surface area contributed by atoms with E-state index in [1.165, 1.54) is 23.1 Å². The van der Waals surface area contributed by atoms with E-state index in [0.29, 0.717) is 23.8 Å². The van der Waals surface area contributed by atoms with Gasteiger partial charge < -0.3 is 4.55 Å². The largest absolute Gasteiger partial charge is 0.591 e. The normalized spacial score (nSPS) is 18.7. The van der Waals surface area contributed by atoms with Gasteiger partial charge in [-0.3, -0.25) is 4.90 Å². The molecule has 12 heteroatoms. The first-order valence-electron chi connectivity index (χ1n) is 11.5. The van der Waals surface area contributed by atoms with Crippen LogP contribution in [0.15, 0.2) is 53.8 Å². The van der Waals surface area contributed by atoms with E-state index in [1.54, 1.807) is 39.3 Å². The van der Waals surface area contributed by atoms with Gasteiger partial charge in [0.25, 0.3) is 5.92 Å². The molecule has 4 aromatic rings. The highest BCUT2D eigenvalue weighted by Crippen LogP contribution is 2.34. The Kier molecular flexibility index (Phi) is 6.54. The third kappa shape index (κ3) is 4.99. The minimum Gasteiger partial charge on any atom is -0.591 e. The van der Waals surface area contributed by atoms with Crippen molar-refractivity contribution in [1.82, 2.24) is 34.0 Å². The highest BCUT2D eigenvalue weighted by Gasteiger charge is 2.39. The van der Waals surface area contributed by atoms with Crippen LogP contribution in [-0.2, 0) is 18.4 Å². The van der Waals surface area contributed by atoms with Crippen LogP contribution in [0.2, 0.25) is 0 Å². The van der Waals surface area contributed by atoms with Crippen molar-refractivity contribution in [2.24, 2.45) is 7.05 Å². The monoisotopic (exact) mass is 517 g/mol. The lowest BCUT2D eigenvalue weighted by Gasteiger charge is -2.41. The zero-order chi connectivity index (χ0) is 25.6. The summed E-state index contributed by atoms with van der Waals surface area (Å²) in [6.45, 7) is 3.41. The molecule has 3 heterocycles. The zero-order valence-corrected chi connectivity index (χ0v) is 20.9. The maximum Gasteiger partial charge on any atom is 0.304 e. The molecule has 5 rings (SSSR count). The predicted molar refractivity (Wildman–Crippen MR) is 130 cm³/mol. The van der Waals surface area contributed by atoms with Crippen molar-refractivity contribution < 1.29 is 17.7 Å². The van der Waals surface area contributed by atoms with Crippen LogP contribution in [-0.4, -0.2) is 70.6 Å². The average molecular weight is 518 g/mol. The first kappa shape index (κ1) is 24.8. The van der Waals surface area contributed by atoms with Crippen molar-refractivity contribution in [3.63, 3.8) is 0 Å². The van der Waals surface area contributed by atoms with Gasteiger partial charge >= 0.3 is 5.03 Å². The lowest BCUT2D eigenvalue weighted by molar-refractivity contribution is -0.0374. The standard InChI is InChI=1S/C24H26F3N7OS/c1-16-10-21-17(12-29-34(21)19-6-4-18(25)5-7-19)11-20(16)22-14-33(9-8-32(22)15-24(2,26)27)36(35)23-13-28-31(3)30-23/h4-7,10-13,22H,8-9,14-15H2,1-3H3. The van der Waals surface area contributed by atoms with Gasteiger partial charge in [-0.05, 0) is 54.4 Å². The lowest BCUT2D eigenvalue weighted by Crippen LogP contribution is -2.52. The summed E-state index contributed by atoms with van der Waals surface area (Å²) in [5.74, 6) is -3.21. The number of benzene rings is 2. The van der Waals surface area contributed by atoms with E-state index in [0.717, 1.165) is 29.0 Å².